The van der Waals surface area contributed by atoms with Crippen LogP contribution in [0.5, 0.6) is 0 Å². The van der Waals surface area contributed by atoms with Gasteiger partial charge in [-0.25, -0.2) is 4.98 Å². The Morgan fingerprint density at radius 2 is 1.84 bits per heavy atom. The maximum atomic E-state index is 12.9. The number of anilines is 1. The summed E-state index contributed by atoms with van der Waals surface area (Å²) < 4.78 is 3.78. The maximum absolute atomic E-state index is 12.9. The third kappa shape index (κ3) is 3.74. The zero-order chi connectivity index (χ0) is 21.4. The van der Waals surface area contributed by atoms with Gasteiger partial charge in [-0.15, -0.1) is 0 Å². The van der Waals surface area contributed by atoms with E-state index in [4.69, 9.17) is 0 Å². The molecule has 1 fully saturated rings. The summed E-state index contributed by atoms with van der Waals surface area (Å²) in [6.07, 6.45) is 7.23. The van der Waals surface area contributed by atoms with Gasteiger partial charge in [-0.05, 0) is 61.9 Å². The molecule has 1 aliphatic carbocycles. The zero-order valence-corrected chi connectivity index (χ0v) is 17.6. The normalized spacial score (nSPS) is 19.0. The van der Waals surface area contributed by atoms with E-state index < -0.39 is 0 Å². The fourth-order valence-electron chi connectivity index (χ4n) is 4.77. The summed E-state index contributed by atoms with van der Waals surface area (Å²) in [5.74, 6) is 0.503. The maximum Gasteiger partial charge on any atom is 0.261 e. The number of aromatic nitrogens is 3. The molecule has 1 saturated carbocycles. The standard InChI is InChI=1S/C25H26N4O2/c1-28-14-13-19-22(7-4-8-23(19)28)27-24(30)18-11-9-17(10-12-18)15-29-16-26-21-6-3-2-5-20(21)25(29)31/h2-8,13-14,16-18H,9-12,15H2,1H3,(H,27,30). The first-order chi connectivity index (χ1) is 15.1. The number of hydrogen-bond donors (Lipinski definition) is 1. The molecule has 0 saturated heterocycles. The third-order valence-corrected chi connectivity index (χ3v) is 6.59. The molecule has 0 aliphatic heterocycles. The number of carbonyl (C=O) groups is 1. The number of fused-ring (bicyclic) bond motifs is 2. The number of aryl methyl sites for hydroxylation is 1. The van der Waals surface area contributed by atoms with Gasteiger partial charge in [0.05, 0.1) is 22.9 Å². The topological polar surface area (TPSA) is 68.9 Å². The molecular formula is C25H26N4O2. The molecule has 0 radical (unpaired) electrons. The Morgan fingerprint density at radius 3 is 2.68 bits per heavy atom. The number of para-hydroxylation sites is 1. The highest BCUT2D eigenvalue weighted by Crippen LogP contribution is 2.31. The van der Waals surface area contributed by atoms with Gasteiger partial charge in [0.1, 0.15) is 0 Å². The van der Waals surface area contributed by atoms with E-state index in [1.54, 1.807) is 10.9 Å². The molecule has 158 valence electrons. The summed E-state index contributed by atoms with van der Waals surface area (Å²) in [6.45, 7) is 0.661. The number of rotatable bonds is 4. The summed E-state index contributed by atoms with van der Waals surface area (Å²) in [7, 11) is 2.01. The number of carbonyl (C=O) groups excluding carboxylic acids is 1. The first kappa shape index (κ1) is 19.5. The largest absolute Gasteiger partial charge is 0.350 e. The molecule has 2 heterocycles. The summed E-state index contributed by atoms with van der Waals surface area (Å²) in [5, 5.41) is 4.87. The fourth-order valence-corrected chi connectivity index (χ4v) is 4.77. The number of amides is 1. The minimum absolute atomic E-state index is 0.0152. The average molecular weight is 415 g/mol. The predicted molar refractivity (Wildman–Crippen MR) is 123 cm³/mol. The minimum atomic E-state index is 0.0152. The second kappa shape index (κ2) is 8.02. The Kier molecular flexibility index (Phi) is 5.06. The molecule has 6 nitrogen and oxygen atoms in total. The summed E-state index contributed by atoms with van der Waals surface area (Å²) in [4.78, 5) is 30.1. The van der Waals surface area contributed by atoms with Crippen molar-refractivity contribution in [2.75, 3.05) is 5.32 Å². The van der Waals surface area contributed by atoms with E-state index in [1.165, 1.54) is 0 Å². The van der Waals surface area contributed by atoms with Gasteiger partial charge in [-0.1, -0.05) is 18.2 Å². The van der Waals surface area contributed by atoms with Crippen molar-refractivity contribution in [1.82, 2.24) is 14.1 Å². The van der Waals surface area contributed by atoms with Crippen molar-refractivity contribution in [2.24, 2.45) is 18.9 Å². The number of nitrogens with zero attached hydrogens (tertiary/aromatic N) is 3. The lowest BCUT2D eigenvalue weighted by Crippen LogP contribution is -2.30. The highest BCUT2D eigenvalue weighted by Gasteiger charge is 2.27. The van der Waals surface area contributed by atoms with Crippen LogP contribution < -0.4 is 10.9 Å². The van der Waals surface area contributed by atoms with Crippen LogP contribution in [0.25, 0.3) is 21.8 Å². The molecule has 4 aromatic rings. The van der Waals surface area contributed by atoms with E-state index in [1.807, 2.05) is 55.7 Å². The van der Waals surface area contributed by atoms with Crippen LogP contribution in [0.15, 0.2) is 65.8 Å². The van der Waals surface area contributed by atoms with Gasteiger partial charge in [0.25, 0.3) is 5.56 Å². The van der Waals surface area contributed by atoms with Gasteiger partial charge >= 0.3 is 0 Å². The molecular weight excluding hydrogens is 388 g/mol. The first-order valence-corrected chi connectivity index (χ1v) is 10.9. The molecule has 0 atom stereocenters. The second-order valence-electron chi connectivity index (χ2n) is 8.59. The predicted octanol–water partition coefficient (Wildman–Crippen LogP) is 4.33. The van der Waals surface area contributed by atoms with Crippen molar-refractivity contribution >= 4 is 33.4 Å². The van der Waals surface area contributed by atoms with Crippen LogP contribution in [0.1, 0.15) is 25.7 Å². The third-order valence-electron chi connectivity index (χ3n) is 6.59. The monoisotopic (exact) mass is 414 g/mol. The molecule has 31 heavy (non-hydrogen) atoms. The SMILES string of the molecule is Cn1ccc2c(NC(=O)C3CCC(Cn4cnc5ccccc5c4=O)CC3)cccc21. The van der Waals surface area contributed by atoms with Crippen LogP contribution in [0.2, 0.25) is 0 Å². The Bertz CT molecular complexity index is 1310. The van der Waals surface area contributed by atoms with Crippen LogP contribution in [-0.2, 0) is 18.4 Å². The lowest BCUT2D eigenvalue weighted by atomic mass is 9.81. The second-order valence-corrected chi connectivity index (χ2v) is 8.59. The van der Waals surface area contributed by atoms with Crippen LogP contribution in [0.4, 0.5) is 5.69 Å². The van der Waals surface area contributed by atoms with E-state index in [9.17, 15) is 9.59 Å². The molecule has 2 aromatic carbocycles. The van der Waals surface area contributed by atoms with Crippen molar-refractivity contribution < 1.29 is 4.79 Å². The minimum Gasteiger partial charge on any atom is -0.350 e. The fraction of sp³-hybridized carbons (Fsp3) is 0.320. The highest BCUT2D eigenvalue weighted by atomic mass is 16.2. The molecule has 6 heteroatoms. The Labute approximate surface area is 180 Å². The van der Waals surface area contributed by atoms with Crippen LogP contribution in [0, 0.1) is 11.8 Å². The van der Waals surface area contributed by atoms with Crippen molar-refractivity contribution in [1.29, 1.82) is 0 Å². The van der Waals surface area contributed by atoms with Crippen molar-refractivity contribution in [2.45, 2.75) is 32.2 Å². The number of hydrogen-bond acceptors (Lipinski definition) is 3. The molecule has 1 N–H and O–H groups in total. The summed E-state index contributed by atoms with van der Waals surface area (Å²) >= 11 is 0. The quantitative estimate of drug-likeness (QED) is 0.540. The van der Waals surface area contributed by atoms with Crippen LogP contribution in [0.3, 0.4) is 0 Å². The number of nitrogens with one attached hydrogen (secondary N) is 1. The van der Waals surface area contributed by atoms with E-state index in [2.05, 4.69) is 20.9 Å². The molecule has 2 aromatic heterocycles. The van der Waals surface area contributed by atoms with Gasteiger partial charge < -0.3 is 9.88 Å². The lowest BCUT2D eigenvalue weighted by Gasteiger charge is -2.28. The summed E-state index contributed by atoms with van der Waals surface area (Å²) in [5.41, 5.74) is 2.73. The Hall–Kier alpha value is -3.41. The van der Waals surface area contributed by atoms with Crippen molar-refractivity contribution in [3.8, 4) is 0 Å². The van der Waals surface area contributed by atoms with E-state index in [0.717, 1.165) is 47.8 Å². The molecule has 1 amide bonds. The van der Waals surface area contributed by atoms with E-state index in [0.29, 0.717) is 17.8 Å². The van der Waals surface area contributed by atoms with Crippen molar-refractivity contribution in [3.05, 3.63) is 71.4 Å². The Balaban J connectivity index is 1.23. The average Bonchev–Trinajstić information content (AvgIpc) is 3.18. The Morgan fingerprint density at radius 1 is 1.03 bits per heavy atom. The van der Waals surface area contributed by atoms with Crippen molar-refractivity contribution in [3.63, 3.8) is 0 Å². The van der Waals surface area contributed by atoms with Crippen LogP contribution >= 0.6 is 0 Å². The van der Waals surface area contributed by atoms with Gasteiger partial charge in [0.2, 0.25) is 5.91 Å². The summed E-state index contributed by atoms with van der Waals surface area (Å²) in [6, 6.07) is 15.5. The smallest absolute Gasteiger partial charge is 0.261 e. The van der Waals surface area contributed by atoms with Crippen LogP contribution in [-0.4, -0.2) is 20.0 Å². The van der Waals surface area contributed by atoms with E-state index >= 15 is 0 Å². The van der Waals surface area contributed by atoms with Gasteiger partial charge in [-0.2, -0.15) is 0 Å². The zero-order valence-electron chi connectivity index (χ0n) is 17.6. The van der Waals surface area contributed by atoms with E-state index in [-0.39, 0.29) is 17.4 Å². The van der Waals surface area contributed by atoms with Gasteiger partial charge in [0, 0.05) is 36.6 Å². The highest BCUT2D eigenvalue weighted by molar-refractivity contribution is 6.02. The first-order valence-electron chi connectivity index (χ1n) is 10.9. The molecule has 0 bridgehead atoms. The lowest BCUT2D eigenvalue weighted by molar-refractivity contribution is -0.121. The molecule has 1 aliphatic rings. The number of benzene rings is 2. The molecule has 5 rings (SSSR count). The van der Waals surface area contributed by atoms with Gasteiger partial charge in [0.15, 0.2) is 0 Å². The molecule has 0 spiro atoms. The molecule has 0 unspecified atom stereocenters. The van der Waals surface area contributed by atoms with Gasteiger partial charge in [-0.3, -0.25) is 14.2 Å².